The molecule has 0 saturated carbocycles. The summed E-state index contributed by atoms with van der Waals surface area (Å²) in [5.41, 5.74) is 0.770. The molecule has 3 nitrogen and oxygen atoms in total. The largest absolute Gasteiger partial charge is 0.493 e. The van der Waals surface area contributed by atoms with Gasteiger partial charge in [-0.1, -0.05) is 6.92 Å². The van der Waals surface area contributed by atoms with Crippen LogP contribution < -0.4 is 10.1 Å². The number of ketones is 1. The summed E-state index contributed by atoms with van der Waals surface area (Å²) in [4.78, 5) is 11.5. The molecule has 0 aromatic heterocycles. The Morgan fingerprint density at radius 3 is 2.56 bits per heavy atom. The molecule has 0 unspecified atom stereocenters. The van der Waals surface area contributed by atoms with E-state index in [1.807, 2.05) is 31.2 Å². The standard InChI is InChI=1S/C15H21NO2/c1-2-15(17)13-3-5-14(6-4-13)18-11-12-7-9-16-10-8-12/h3-6,12,16H,2,7-11H2,1H3. The van der Waals surface area contributed by atoms with Gasteiger partial charge in [0, 0.05) is 12.0 Å². The molecule has 3 heteroatoms. The maximum absolute atomic E-state index is 11.5. The van der Waals surface area contributed by atoms with Gasteiger partial charge in [-0.3, -0.25) is 4.79 Å². The van der Waals surface area contributed by atoms with Crippen LogP contribution in [0.4, 0.5) is 0 Å². The van der Waals surface area contributed by atoms with Crippen LogP contribution in [-0.2, 0) is 0 Å². The average molecular weight is 247 g/mol. The van der Waals surface area contributed by atoms with Crippen molar-refractivity contribution in [2.45, 2.75) is 26.2 Å². The second-order valence-corrected chi connectivity index (χ2v) is 4.81. The molecule has 0 aliphatic carbocycles. The lowest BCUT2D eigenvalue weighted by molar-refractivity contribution is 0.0988. The molecule has 0 amide bonds. The summed E-state index contributed by atoms with van der Waals surface area (Å²) in [6.45, 7) is 4.85. The van der Waals surface area contributed by atoms with E-state index in [2.05, 4.69) is 5.32 Å². The Morgan fingerprint density at radius 2 is 1.94 bits per heavy atom. The van der Waals surface area contributed by atoms with Crippen LogP contribution in [0.15, 0.2) is 24.3 Å². The van der Waals surface area contributed by atoms with Crippen molar-refractivity contribution in [2.24, 2.45) is 5.92 Å². The van der Waals surface area contributed by atoms with Crippen LogP contribution in [0.25, 0.3) is 0 Å². The second-order valence-electron chi connectivity index (χ2n) is 4.81. The first-order chi connectivity index (χ1) is 8.79. The van der Waals surface area contributed by atoms with E-state index >= 15 is 0 Å². The predicted octanol–water partition coefficient (Wildman–Crippen LogP) is 2.66. The topological polar surface area (TPSA) is 38.3 Å². The number of hydrogen-bond donors (Lipinski definition) is 1. The summed E-state index contributed by atoms with van der Waals surface area (Å²) >= 11 is 0. The fourth-order valence-electron chi connectivity index (χ4n) is 2.20. The highest BCUT2D eigenvalue weighted by atomic mass is 16.5. The van der Waals surface area contributed by atoms with Gasteiger partial charge in [0.15, 0.2) is 5.78 Å². The summed E-state index contributed by atoms with van der Waals surface area (Å²) < 4.78 is 5.77. The van der Waals surface area contributed by atoms with Crippen LogP contribution >= 0.6 is 0 Å². The number of benzene rings is 1. The molecule has 0 bridgehead atoms. The maximum Gasteiger partial charge on any atom is 0.162 e. The van der Waals surface area contributed by atoms with E-state index in [4.69, 9.17) is 4.74 Å². The third kappa shape index (κ3) is 3.57. The van der Waals surface area contributed by atoms with E-state index < -0.39 is 0 Å². The molecule has 0 radical (unpaired) electrons. The van der Waals surface area contributed by atoms with Crippen molar-refractivity contribution in [1.82, 2.24) is 5.32 Å². The molecule has 1 saturated heterocycles. The molecule has 0 atom stereocenters. The summed E-state index contributed by atoms with van der Waals surface area (Å²) in [6.07, 6.45) is 2.92. The van der Waals surface area contributed by atoms with E-state index in [-0.39, 0.29) is 5.78 Å². The van der Waals surface area contributed by atoms with Crippen molar-refractivity contribution in [3.8, 4) is 5.75 Å². The third-order valence-corrected chi connectivity index (χ3v) is 3.44. The molecule has 98 valence electrons. The fourth-order valence-corrected chi connectivity index (χ4v) is 2.20. The minimum atomic E-state index is 0.180. The lowest BCUT2D eigenvalue weighted by atomic mass is 9.99. The van der Waals surface area contributed by atoms with Gasteiger partial charge in [-0.05, 0) is 56.1 Å². The first kappa shape index (κ1) is 13.1. The fraction of sp³-hybridized carbons (Fsp3) is 0.533. The molecule has 2 rings (SSSR count). The Balaban J connectivity index is 1.84. The molecule has 18 heavy (non-hydrogen) atoms. The predicted molar refractivity (Wildman–Crippen MR) is 72.2 cm³/mol. The van der Waals surface area contributed by atoms with Crippen molar-refractivity contribution in [3.63, 3.8) is 0 Å². The molecule has 1 aliphatic heterocycles. The summed E-state index contributed by atoms with van der Waals surface area (Å²) in [6, 6.07) is 7.49. The average Bonchev–Trinajstić information content (AvgIpc) is 2.46. The third-order valence-electron chi connectivity index (χ3n) is 3.44. The molecule has 0 spiro atoms. The number of hydrogen-bond acceptors (Lipinski definition) is 3. The first-order valence-corrected chi connectivity index (χ1v) is 6.76. The molecular formula is C15H21NO2. The molecule has 1 aromatic rings. The van der Waals surface area contributed by atoms with E-state index in [1.165, 1.54) is 12.8 Å². The minimum absolute atomic E-state index is 0.180. The van der Waals surface area contributed by atoms with Crippen LogP contribution in [0.3, 0.4) is 0 Å². The number of rotatable bonds is 5. The van der Waals surface area contributed by atoms with E-state index in [9.17, 15) is 4.79 Å². The van der Waals surface area contributed by atoms with E-state index in [0.717, 1.165) is 31.0 Å². The van der Waals surface area contributed by atoms with Crippen molar-refractivity contribution in [1.29, 1.82) is 0 Å². The lowest BCUT2D eigenvalue weighted by Gasteiger charge is -2.22. The SMILES string of the molecule is CCC(=O)c1ccc(OCC2CCNCC2)cc1. The first-order valence-electron chi connectivity index (χ1n) is 6.76. The van der Waals surface area contributed by atoms with Gasteiger partial charge in [-0.25, -0.2) is 0 Å². The van der Waals surface area contributed by atoms with Gasteiger partial charge in [0.25, 0.3) is 0 Å². The number of nitrogens with one attached hydrogen (secondary N) is 1. The highest BCUT2D eigenvalue weighted by Crippen LogP contribution is 2.17. The van der Waals surface area contributed by atoms with Crippen LogP contribution in [0.1, 0.15) is 36.5 Å². The molecule has 1 fully saturated rings. The number of piperidine rings is 1. The summed E-state index contributed by atoms with van der Waals surface area (Å²) in [7, 11) is 0. The summed E-state index contributed by atoms with van der Waals surface area (Å²) in [5, 5.41) is 3.35. The van der Waals surface area contributed by atoms with Gasteiger partial charge in [-0.2, -0.15) is 0 Å². The van der Waals surface area contributed by atoms with Crippen molar-refractivity contribution in [3.05, 3.63) is 29.8 Å². The monoisotopic (exact) mass is 247 g/mol. The van der Waals surface area contributed by atoms with Crippen LogP contribution in [-0.4, -0.2) is 25.5 Å². The zero-order chi connectivity index (χ0) is 12.8. The van der Waals surface area contributed by atoms with Crippen molar-refractivity contribution >= 4 is 5.78 Å². The normalized spacial score (nSPS) is 16.5. The smallest absolute Gasteiger partial charge is 0.162 e. The molecule has 1 aliphatic rings. The van der Waals surface area contributed by atoms with Gasteiger partial charge in [0.2, 0.25) is 0 Å². The number of carbonyl (C=O) groups excluding carboxylic acids is 1. The number of ether oxygens (including phenoxy) is 1. The van der Waals surface area contributed by atoms with Gasteiger partial charge >= 0.3 is 0 Å². The minimum Gasteiger partial charge on any atom is -0.493 e. The quantitative estimate of drug-likeness (QED) is 0.813. The Hall–Kier alpha value is -1.35. The maximum atomic E-state index is 11.5. The van der Waals surface area contributed by atoms with Gasteiger partial charge < -0.3 is 10.1 Å². The molecule has 1 heterocycles. The molecule has 1 N–H and O–H groups in total. The zero-order valence-electron chi connectivity index (χ0n) is 10.9. The highest BCUT2D eigenvalue weighted by molar-refractivity contribution is 5.95. The van der Waals surface area contributed by atoms with Gasteiger partial charge in [0.1, 0.15) is 5.75 Å². The number of Topliss-reactive ketones (excluding diaryl/α,β-unsaturated/α-hetero) is 1. The lowest BCUT2D eigenvalue weighted by Crippen LogP contribution is -2.30. The van der Waals surface area contributed by atoms with Crippen LogP contribution in [0, 0.1) is 5.92 Å². The Labute approximate surface area is 109 Å². The number of carbonyl (C=O) groups is 1. The Bertz CT molecular complexity index is 380. The molecular weight excluding hydrogens is 226 g/mol. The summed E-state index contributed by atoms with van der Waals surface area (Å²) in [5.74, 6) is 1.70. The Kier molecular flexibility index (Phi) is 4.76. The van der Waals surface area contributed by atoms with Crippen LogP contribution in [0.2, 0.25) is 0 Å². The van der Waals surface area contributed by atoms with Gasteiger partial charge in [-0.15, -0.1) is 0 Å². The van der Waals surface area contributed by atoms with Gasteiger partial charge in [0.05, 0.1) is 6.61 Å². The van der Waals surface area contributed by atoms with Crippen molar-refractivity contribution in [2.75, 3.05) is 19.7 Å². The van der Waals surface area contributed by atoms with E-state index in [1.54, 1.807) is 0 Å². The zero-order valence-corrected chi connectivity index (χ0v) is 10.9. The highest BCUT2D eigenvalue weighted by Gasteiger charge is 2.13. The van der Waals surface area contributed by atoms with E-state index in [0.29, 0.717) is 12.3 Å². The van der Waals surface area contributed by atoms with Crippen molar-refractivity contribution < 1.29 is 9.53 Å². The van der Waals surface area contributed by atoms with Crippen LogP contribution in [0.5, 0.6) is 5.75 Å². The molecule has 1 aromatic carbocycles. The second kappa shape index (κ2) is 6.55. The Morgan fingerprint density at radius 1 is 1.28 bits per heavy atom.